The van der Waals surface area contributed by atoms with Crippen LogP contribution in [0.3, 0.4) is 0 Å². The van der Waals surface area contributed by atoms with Gasteiger partial charge in [-0.2, -0.15) is 0 Å². The molecule has 3 aromatic rings. The van der Waals surface area contributed by atoms with Gasteiger partial charge in [-0.3, -0.25) is 9.59 Å². The summed E-state index contributed by atoms with van der Waals surface area (Å²) < 4.78 is 7.78. The number of allylic oxidation sites excluding steroid dienone is 1. The van der Waals surface area contributed by atoms with Crippen LogP contribution in [0.25, 0.3) is 0 Å². The van der Waals surface area contributed by atoms with Crippen molar-refractivity contribution in [3.63, 3.8) is 0 Å². The van der Waals surface area contributed by atoms with Crippen molar-refractivity contribution in [1.29, 1.82) is 0 Å². The molecule has 0 aliphatic carbocycles. The molecule has 1 heterocycles. The van der Waals surface area contributed by atoms with Crippen molar-refractivity contribution in [2.24, 2.45) is 5.73 Å². The molecule has 0 unspecified atom stereocenters. The number of thioether (sulfide) groups is 1. The molecule has 0 atom stereocenters. The van der Waals surface area contributed by atoms with E-state index in [1.807, 2.05) is 23.6 Å². The van der Waals surface area contributed by atoms with Crippen molar-refractivity contribution in [3.8, 4) is 5.75 Å². The smallest absolute Gasteiger partial charge is 0.250 e. The number of halogens is 1. The molecule has 0 saturated carbocycles. The van der Waals surface area contributed by atoms with Gasteiger partial charge in [-0.05, 0) is 49.2 Å². The summed E-state index contributed by atoms with van der Waals surface area (Å²) in [5.41, 5.74) is 6.99. The Balaban J connectivity index is 1.55. The second-order valence-electron chi connectivity index (χ2n) is 7.41. The highest BCUT2D eigenvalue weighted by Crippen LogP contribution is 2.23. The van der Waals surface area contributed by atoms with E-state index in [9.17, 15) is 9.59 Å². The summed E-state index contributed by atoms with van der Waals surface area (Å²) in [6.45, 7) is 6.80. The summed E-state index contributed by atoms with van der Waals surface area (Å²) in [6, 6.07) is 12.1. The summed E-state index contributed by atoms with van der Waals surface area (Å²) in [5.74, 6) is 0.811. The first kappa shape index (κ1) is 25.3. The second-order valence-corrected chi connectivity index (χ2v) is 8.79. The van der Waals surface area contributed by atoms with E-state index in [1.165, 1.54) is 11.8 Å². The first-order valence-corrected chi connectivity index (χ1v) is 12.0. The molecule has 0 aliphatic rings. The van der Waals surface area contributed by atoms with E-state index >= 15 is 0 Å². The lowest BCUT2D eigenvalue weighted by atomic mass is 10.1. The third kappa shape index (κ3) is 6.85. The highest BCUT2D eigenvalue weighted by molar-refractivity contribution is 7.99. The van der Waals surface area contributed by atoms with Crippen molar-refractivity contribution >= 4 is 40.9 Å². The standard InChI is InChI=1S/C24H26ClN5O3S/c1-3-12-30-21(9-6-13-33-20-11-10-17(25)14-16(20)2)28-29-24(30)34-15-22(31)27-19-8-5-4-7-18(19)23(26)32/h3-5,7-8,10-11,14H,1,6,9,12-13,15H2,2H3,(H2,26,32)(H,27,31). The Kier molecular flexibility index (Phi) is 9.12. The fourth-order valence-corrected chi connectivity index (χ4v) is 4.23. The largest absolute Gasteiger partial charge is 0.493 e. The van der Waals surface area contributed by atoms with Gasteiger partial charge in [-0.15, -0.1) is 16.8 Å². The van der Waals surface area contributed by atoms with Crippen LogP contribution in [0.1, 0.15) is 28.2 Å². The van der Waals surface area contributed by atoms with E-state index in [0.717, 1.165) is 23.6 Å². The van der Waals surface area contributed by atoms with Crippen molar-refractivity contribution in [2.75, 3.05) is 17.7 Å². The number of primary amides is 1. The zero-order valence-corrected chi connectivity index (χ0v) is 20.4. The van der Waals surface area contributed by atoms with Crippen LogP contribution in [0, 0.1) is 6.92 Å². The number of carbonyl (C=O) groups is 2. The number of anilines is 1. The van der Waals surface area contributed by atoms with Crippen molar-refractivity contribution < 1.29 is 14.3 Å². The summed E-state index contributed by atoms with van der Waals surface area (Å²) in [6.07, 6.45) is 3.16. The van der Waals surface area contributed by atoms with Crippen LogP contribution in [0.4, 0.5) is 5.69 Å². The number of rotatable bonds is 12. The van der Waals surface area contributed by atoms with E-state index < -0.39 is 5.91 Å². The number of carbonyl (C=O) groups excluding carboxylic acids is 2. The predicted octanol–water partition coefficient (Wildman–Crippen LogP) is 4.27. The first-order chi connectivity index (χ1) is 16.4. The van der Waals surface area contributed by atoms with Gasteiger partial charge in [-0.25, -0.2) is 0 Å². The molecule has 10 heteroatoms. The summed E-state index contributed by atoms with van der Waals surface area (Å²) >= 11 is 7.24. The van der Waals surface area contributed by atoms with Crippen molar-refractivity contribution in [1.82, 2.24) is 14.8 Å². The molecule has 1 aromatic heterocycles. The van der Waals surface area contributed by atoms with Gasteiger partial charge in [0.05, 0.1) is 23.6 Å². The molecule has 0 fully saturated rings. The van der Waals surface area contributed by atoms with E-state index in [4.69, 9.17) is 22.1 Å². The van der Waals surface area contributed by atoms with Crippen LogP contribution < -0.4 is 15.8 Å². The monoisotopic (exact) mass is 499 g/mol. The Morgan fingerprint density at radius 1 is 1.26 bits per heavy atom. The van der Waals surface area contributed by atoms with Gasteiger partial charge in [-0.1, -0.05) is 41.6 Å². The molecular weight excluding hydrogens is 474 g/mol. The minimum Gasteiger partial charge on any atom is -0.493 e. The Labute approximate surface area is 207 Å². The lowest BCUT2D eigenvalue weighted by Crippen LogP contribution is -2.19. The number of aryl methyl sites for hydroxylation is 2. The topological polar surface area (TPSA) is 112 Å². The number of benzene rings is 2. The number of nitrogens with zero attached hydrogens (tertiary/aromatic N) is 3. The first-order valence-electron chi connectivity index (χ1n) is 10.6. The lowest BCUT2D eigenvalue weighted by Gasteiger charge is -2.11. The maximum atomic E-state index is 12.4. The van der Waals surface area contributed by atoms with Gasteiger partial charge in [0.15, 0.2) is 5.16 Å². The fourth-order valence-electron chi connectivity index (χ4n) is 3.23. The zero-order chi connectivity index (χ0) is 24.5. The number of nitrogens with two attached hydrogens (primary N) is 1. The second kappa shape index (κ2) is 12.2. The Morgan fingerprint density at radius 3 is 2.79 bits per heavy atom. The molecule has 0 bridgehead atoms. The van der Waals surface area contributed by atoms with E-state index in [0.29, 0.717) is 35.4 Å². The summed E-state index contributed by atoms with van der Waals surface area (Å²) in [4.78, 5) is 24.0. The molecule has 0 aliphatic heterocycles. The SMILES string of the molecule is C=CCn1c(CCCOc2ccc(Cl)cc2C)nnc1SCC(=O)Nc1ccccc1C(N)=O. The van der Waals surface area contributed by atoms with Gasteiger partial charge in [0.1, 0.15) is 11.6 Å². The average molecular weight is 500 g/mol. The lowest BCUT2D eigenvalue weighted by molar-refractivity contribution is -0.113. The van der Waals surface area contributed by atoms with Gasteiger partial charge in [0.2, 0.25) is 5.91 Å². The van der Waals surface area contributed by atoms with Crippen LogP contribution in [0.5, 0.6) is 5.75 Å². The zero-order valence-electron chi connectivity index (χ0n) is 18.8. The minimum atomic E-state index is -0.603. The molecule has 2 aromatic carbocycles. The van der Waals surface area contributed by atoms with Gasteiger partial charge >= 0.3 is 0 Å². The summed E-state index contributed by atoms with van der Waals surface area (Å²) in [5, 5.41) is 12.5. The molecule has 0 radical (unpaired) electrons. The maximum absolute atomic E-state index is 12.4. The van der Waals surface area contributed by atoms with Crippen LogP contribution in [-0.4, -0.2) is 38.9 Å². The number of nitrogens with one attached hydrogen (secondary N) is 1. The normalized spacial score (nSPS) is 10.6. The number of hydrogen-bond acceptors (Lipinski definition) is 6. The van der Waals surface area contributed by atoms with Gasteiger partial charge in [0.25, 0.3) is 5.91 Å². The van der Waals surface area contributed by atoms with Crippen molar-refractivity contribution in [3.05, 3.63) is 77.1 Å². The van der Waals surface area contributed by atoms with Crippen LogP contribution in [0.2, 0.25) is 5.02 Å². The molecule has 8 nitrogen and oxygen atoms in total. The van der Waals surface area contributed by atoms with Crippen LogP contribution >= 0.6 is 23.4 Å². The molecule has 178 valence electrons. The highest BCUT2D eigenvalue weighted by atomic mass is 35.5. The van der Waals surface area contributed by atoms with Gasteiger partial charge < -0.3 is 20.4 Å². The molecule has 3 N–H and O–H groups in total. The predicted molar refractivity (Wildman–Crippen MR) is 135 cm³/mol. The number of aromatic nitrogens is 3. The number of amides is 2. The van der Waals surface area contributed by atoms with Crippen LogP contribution in [-0.2, 0) is 17.8 Å². The number of ether oxygens (including phenoxy) is 1. The molecular formula is C24H26ClN5O3S. The fraction of sp³-hybridized carbons (Fsp3) is 0.250. The Bertz CT molecular complexity index is 1180. The Morgan fingerprint density at radius 2 is 2.06 bits per heavy atom. The van der Waals surface area contributed by atoms with Crippen molar-refractivity contribution in [2.45, 2.75) is 31.5 Å². The highest BCUT2D eigenvalue weighted by Gasteiger charge is 2.15. The summed E-state index contributed by atoms with van der Waals surface area (Å²) in [7, 11) is 0. The third-order valence-corrected chi connectivity index (χ3v) is 6.05. The third-order valence-electron chi connectivity index (χ3n) is 4.84. The van der Waals surface area contributed by atoms with Crippen LogP contribution in [0.15, 0.2) is 60.3 Å². The van der Waals surface area contributed by atoms with E-state index in [-0.39, 0.29) is 17.2 Å². The minimum absolute atomic E-state index is 0.0985. The molecule has 0 saturated heterocycles. The number of hydrogen-bond donors (Lipinski definition) is 2. The van der Waals surface area contributed by atoms with E-state index in [1.54, 1.807) is 36.4 Å². The quantitative estimate of drug-likeness (QED) is 0.219. The van der Waals surface area contributed by atoms with E-state index in [2.05, 4.69) is 22.1 Å². The molecule has 34 heavy (non-hydrogen) atoms. The van der Waals surface area contributed by atoms with Gasteiger partial charge in [0, 0.05) is 18.0 Å². The number of para-hydroxylation sites is 1. The molecule has 0 spiro atoms. The Hall–Kier alpha value is -3.30. The molecule has 3 rings (SSSR count). The molecule has 2 amide bonds. The maximum Gasteiger partial charge on any atom is 0.250 e. The average Bonchev–Trinajstić information content (AvgIpc) is 3.18.